The van der Waals surface area contributed by atoms with Crippen LogP contribution in [0.2, 0.25) is 0 Å². The summed E-state index contributed by atoms with van der Waals surface area (Å²) in [5.74, 6) is 0.573. The molecule has 1 fully saturated rings. The number of aliphatic hydroxyl groups is 1. The van der Waals surface area contributed by atoms with E-state index in [-0.39, 0.29) is 12.4 Å². The molecule has 1 aromatic rings. The first-order valence-corrected chi connectivity index (χ1v) is 6.88. The second-order valence-corrected chi connectivity index (χ2v) is 5.19. The minimum atomic E-state index is -0.257. The van der Waals surface area contributed by atoms with Crippen molar-refractivity contribution in [1.29, 1.82) is 0 Å². The summed E-state index contributed by atoms with van der Waals surface area (Å²) in [6, 6.07) is 4.86. The predicted molar refractivity (Wildman–Crippen MR) is 72.2 cm³/mol. The Balaban J connectivity index is 2.02. The van der Waals surface area contributed by atoms with Crippen LogP contribution in [0.5, 0.6) is 0 Å². The first-order chi connectivity index (χ1) is 8.72. The minimum Gasteiger partial charge on any atom is -0.392 e. The molecule has 18 heavy (non-hydrogen) atoms. The van der Waals surface area contributed by atoms with E-state index >= 15 is 0 Å². The molecule has 0 spiro atoms. The van der Waals surface area contributed by atoms with E-state index in [2.05, 4.69) is 11.8 Å². The van der Waals surface area contributed by atoms with Crippen LogP contribution in [0.1, 0.15) is 38.2 Å². The number of aliphatic hydroxyl groups excluding tert-OH is 1. The Morgan fingerprint density at radius 2 is 2.00 bits per heavy atom. The van der Waals surface area contributed by atoms with Crippen LogP contribution < -0.4 is 4.90 Å². The zero-order chi connectivity index (χ0) is 13.0. The number of anilines is 1. The van der Waals surface area contributed by atoms with Crippen LogP contribution in [0.3, 0.4) is 0 Å². The van der Waals surface area contributed by atoms with Crippen molar-refractivity contribution >= 4 is 5.69 Å². The third kappa shape index (κ3) is 3.22. The van der Waals surface area contributed by atoms with Gasteiger partial charge >= 0.3 is 0 Å². The van der Waals surface area contributed by atoms with Gasteiger partial charge in [0.1, 0.15) is 5.82 Å². The molecular weight excluding hydrogens is 229 g/mol. The molecule has 0 radical (unpaired) electrons. The van der Waals surface area contributed by atoms with Gasteiger partial charge in [-0.2, -0.15) is 0 Å². The molecule has 0 aliphatic carbocycles. The Labute approximate surface area is 108 Å². The van der Waals surface area contributed by atoms with Gasteiger partial charge in [0.2, 0.25) is 0 Å². The van der Waals surface area contributed by atoms with Gasteiger partial charge in [-0.1, -0.05) is 19.8 Å². The monoisotopic (exact) mass is 251 g/mol. The van der Waals surface area contributed by atoms with Crippen molar-refractivity contribution in [2.75, 3.05) is 18.0 Å². The molecule has 3 heteroatoms. The van der Waals surface area contributed by atoms with E-state index < -0.39 is 0 Å². The summed E-state index contributed by atoms with van der Waals surface area (Å²) in [7, 11) is 0. The fourth-order valence-electron chi connectivity index (χ4n) is 2.80. The van der Waals surface area contributed by atoms with Crippen molar-refractivity contribution in [2.24, 2.45) is 5.92 Å². The molecule has 0 atom stereocenters. The van der Waals surface area contributed by atoms with Crippen molar-refractivity contribution in [1.82, 2.24) is 0 Å². The molecule has 1 aromatic carbocycles. The number of nitrogens with zero attached hydrogens (tertiary/aromatic N) is 1. The topological polar surface area (TPSA) is 23.5 Å². The molecular formula is C15H22FNO. The summed E-state index contributed by atoms with van der Waals surface area (Å²) in [6.07, 6.45) is 4.94. The van der Waals surface area contributed by atoms with E-state index in [4.69, 9.17) is 5.11 Å². The average Bonchev–Trinajstić information content (AvgIpc) is 2.39. The highest BCUT2D eigenvalue weighted by molar-refractivity contribution is 5.49. The third-order valence-corrected chi connectivity index (χ3v) is 3.80. The molecule has 0 unspecified atom stereocenters. The highest BCUT2D eigenvalue weighted by atomic mass is 19.1. The van der Waals surface area contributed by atoms with Gasteiger partial charge in [0.05, 0.1) is 6.61 Å². The summed E-state index contributed by atoms with van der Waals surface area (Å²) in [6.45, 7) is 4.13. The third-order valence-electron chi connectivity index (χ3n) is 3.80. The van der Waals surface area contributed by atoms with E-state index in [1.54, 1.807) is 6.07 Å². The molecule has 1 N–H and O–H groups in total. The summed E-state index contributed by atoms with van der Waals surface area (Å²) in [5, 5.41) is 9.11. The molecule has 0 amide bonds. The van der Waals surface area contributed by atoms with Crippen molar-refractivity contribution in [3.05, 3.63) is 29.6 Å². The molecule has 1 aliphatic rings. The van der Waals surface area contributed by atoms with Crippen molar-refractivity contribution in [2.45, 2.75) is 39.2 Å². The molecule has 1 heterocycles. The van der Waals surface area contributed by atoms with Gasteiger partial charge in [-0.05, 0) is 42.5 Å². The molecule has 0 bridgehead atoms. The summed E-state index contributed by atoms with van der Waals surface area (Å²) in [4.78, 5) is 2.23. The molecule has 2 rings (SSSR count). The highest BCUT2D eigenvalue weighted by Gasteiger charge is 2.19. The van der Waals surface area contributed by atoms with Crippen molar-refractivity contribution in [3.8, 4) is 0 Å². The number of piperidine rings is 1. The maximum absolute atomic E-state index is 13.4. The van der Waals surface area contributed by atoms with E-state index in [9.17, 15) is 4.39 Å². The normalized spacial score (nSPS) is 17.2. The second kappa shape index (κ2) is 6.19. The SMILES string of the molecule is CCCC1CCN(c2cc(F)cc(CO)c2)CC1. The first-order valence-electron chi connectivity index (χ1n) is 6.88. The molecule has 0 aromatic heterocycles. The van der Waals surface area contributed by atoms with Gasteiger partial charge in [0, 0.05) is 18.8 Å². The standard InChI is InChI=1S/C15H22FNO/c1-2-3-12-4-6-17(7-5-12)15-9-13(11-18)8-14(16)10-15/h8-10,12,18H,2-7,11H2,1H3. The Morgan fingerprint density at radius 1 is 1.28 bits per heavy atom. The largest absolute Gasteiger partial charge is 0.392 e. The van der Waals surface area contributed by atoms with E-state index in [0.717, 1.165) is 24.7 Å². The lowest BCUT2D eigenvalue weighted by atomic mass is 9.92. The lowest BCUT2D eigenvalue weighted by Crippen LogP contribution is -2.33. The lowest BCUT2D eigenvalue weighted by molar-refractivity contribution is 0.281. The Morgan fingerprint density at radius 3 is 2.61 bits per heavy atom. The maximum Gasteiger partial charge on any atom is 0.125 e. The van der Waals surface area contributed by atoms with E-state index in [1.807, 2.05) is 6.07 Å². The number of benzene rings is 1. The molecule has 0 saturated carbocycles. The highest BCUT2D eigenvalue weighted by Crippen LogP contribution is 2.27. The zero-order valence-electron chi connectivity index (χ0n) is 11.0. The van der Waals surface area contributed by atoms with Crippen LogP contribution in [0.4, 0.5) is 10.1 Å². The van der Waals surface area contributed by atoms with Crippen molar-refractivity contribution < 1.29 is 9.50 Å². The van der Waals surface area contributed by atoms with Crippen LogP contribution in [0.25, 0.3) is 0 Å². The maximum atomic E-state index is 13.4. The van der Waals surface area contributed by atoms with Crippen LogP contribution in [-0.4, -0.2) is 18.2 Å². The number of rotatable bonds is 4. The second-order valence-electron chi connectivity index (χ2n) is 5.19. The van der Waals surface area contributed by atoms with Crippen LogP contribution in [0.15, 0.2) is 18.2 Å². The Bertz CT molecular complexity index is 386. The summed E-state index contributed by atoms with van der Waals surface area (Å²) >= 11 is 0. The minimum absolute atomic E-state index is 0.100. The average molecular weight is 251 g/mol. The van der Waals surface area contributed by atoms with E-state index in [0.29, 0.717) is 5.56 Å². The van der Waals surface area contributed by atoms with Crippen LogP contribution in [-0.2, 0) is 6.61 Å². The zero-order valence-corrected chi connectivity index (χ0v) is 11.0. The fourth-order valence-corrected chi connectivity index (χ4v) is 2.80. The fraction of sp³-hybridized carbons (Fsp3) is 0.600. The Hall–Kier alpha value is -1.09. The van der Waals surface area contributed by atoms with Crippen LogP contribution >= 0.6 is 0 Å². The summed E-state index contributed by atoms with van der Waals surface area (Å²) < 4.78 is 13.4. The molecule has 100 valence electrons. The van der Waals surface area contributed by atoms with Gasteiger partial charge < -0.3 is 10.0 Å². The molecule has 1 aliphatic heterocycles. The first kappa shape index (κ1) is 13.3. The van der Waals surface area contributed by atoms with Gasteiger partial charge in [-0.3, -0.25) is 0 Å². The van der Waals surface area contributed by atoms with Crippen molar-refractivity contribution in [3.63, 3.8) is 0 Å². The summed E-state index contributed by atoms with van der Waals surface area (Å²) in [5.41, 5.74) is 1.56. The smallest absolute Gasteiger partial charge is 0.125 e. The number of halogens is 1. The number of hydrogen-bond acceptors (Lipinski definition) is 2. The quantitative estimate of drug-likeness (QED) is 0.887. The lowest BCUT2D eigenvalue weighted by Gasteiger charge is -2.33. The van der Waals surface area contributed by atoms with Gasteiger partial charge in [-0.15, -0.1) is 0 Å². The number of hydrogen-bond donors (Lipinski definition) is 1. The van der Waals surface area contributed by atoms with Gasteiger partial charge in [0.15, 0.2) is 0 Å². The molecule has 2 nitrogen and oxygen atoms in total. The Kier molecular flexibility index (Phi) is 4.59. The van der Waals surface area contributed by atoms with E-state index in [1.165, 1.54) is 31.7 Å². The predicted octanol–water partition coefficient (Wildman–Crippen LogP) is 3.33. The molecule has 1 saturated heterocycles. The van der Waals surface area contributed by atoms with Gasteiger partial charge in [0.25, 0.3) is 0 Å². The van der Waals surface area contributed by atoms with Gasteiger partial charge in [-0.25, -0.2) is 4.39 Å². The van der Waals surface area contributed by atoms with Crippen LogP contribution in [0, 0.1) is 11.7 Å².